The SMILES string of the molecule is COCCNS(=O)(=O)Nc1cc(C)c(C)cc1N. The number of rotatable bonds is 6. The van der Waals surface area contributed by atoms with Crippen LogP contribution in [-0.4, -0.2) is 28.7 Å². The zero-order chi connectivity index (χ0) is 13.8. The van der Waals surface area contributed by atoms with E-state index in [1.165, 1.54) is 7.11 Å². The van der Waals surface area contributed by atoms with Gasteiger partial charge in [0.05, 0.1) is 18.0 Å². The Hall–Kier alpha value is -1.31. The Morgan fingerprint density at radius 2 is 1.89 bits per heavy atom. The number of aryl methyl sites for hydroxylation is 2. The molecule has 6 nitrogen and oxygen atoms in total. The topological polar surface area (TPSA) is 93.4 Å². The van der Waals surface area contributed by atoms with Crippen LogP contribution in [0.3, 0.4) is 0 Å². The molecule has 0 aromatic heterocycles. The normalized spacial score (nSPS) is 11.5. The molecule has 0 atom stereocenters. The van der Waals surface area contributed by atoms with Gasteiger partial charge in [-0.1, -0.05) is 0 Å². The van der Waals surface area contributed by atoms with Gasteiger partial charge < -0.3 is 10.5 Å². The third-order valence-corrected chi connectivity index (χ3v) is 3.58. The van der Waals surface area contributed by atoms with Crippen molar-refractivity contribution in [3.05, 3.63) is 23.3 Å². The molecule has 0 aliphatic rings. The largest absolute Gasteiger partial charge is 0.397 e. The lowest BCUT2D eigenvalue weighted by molar-refractivity contribution is 0.204. The molecule has 0 heterocycles. The first-order valence-corrected chi connectivity index (χ1v) is 6.97. The maximum atomic E-state index is 11.7. The molecule has 0 saturated carbocycles. The fraction of sp³-hybridized carbons (Fsp3) is 0.455. The van der Waals surface area contributed by atoms with Gasteiger partial charge in [-0.2, -0.15) is 13.1 Å². The molecular formula is C11H19N3O3S. The van der Waals surface area contributed by atoms with Crippen LogP contribution in [0, 0.1) is 13.8 Å². The molecule has 0 radical (unpaired) electrons. The molecule has 0 bridgehead atoms. The summed E-state index contributed by atoms with van der Waals surface area (Å²) in [5.41, 5.74) is 8.54. The van der Waals surface area contributed by atoms with Gasteiger partial charge in [0.2, 0.25) is 0 Å². The second kappa shape index (κ2) is 6.03. The number of nitrogens with one attached hydrogen (secondary N) is 2. The quantitative estimate of drug-likeness (QED) is 0.527. The highest BCUT2D eigenvalue weighted by Crippen LogP contribution is 2.23. The van der Waals surface area contributed by atoms with Gasteiger partial charge in [-0.15, -0.1) is 0 Å². The van der Waals surface area contributed by atoms with Crippen molar-refractivity contribution in [2.45, 2.75) is 13.8 Å². The monoisotopic (exact) mass is 273 g/mol. The molecule has 7 heteroatoms. The van der Waals surface area contributed by atoms with Crippen molar-refractivity contribution in [1.29, 1.82) is 0 Å². The highest BCUT2D eigenvalue weighted by atomic mass is 32.2. The number of methoxy groups -OCH3 is 1. The van der Waals surface area contributed by atoms with Crippen LogP contribution in [0.5, 0.6) is 0 Å². The Morgan fingerprint density at radius 1 is 1.28 bits per heavy atom. The molecule has 1 aromatic rings. The van der Waals surface area contributed by atoms with Crippen LogP contribution >= 0.6 is 0 Å². The molecule has 0 saturated heterocycles. The standard InChI is InChI=1S/C11H19N3O3S/c1-8-6-10(12)11(7-9(8)2)14-18(15,16)13-4-5-17-3/h6-7,13-14H,4-5,12H2,1-3H3. The molecule has 0 spiro atoms. The van der Waals surface area contributed by atoms with E-state index in [1.54, 1.807) is 12.1 Å². The lowest BCUT2D eigenvalue weighted by atomic mass is 10.1. The van der Waals surface area contributed by atoms with Gasteiger partial charge in [-0.05, 0) is 37.1 Å². The van der Waals surface area contributed by atoms with Crippen LogP contribution in [0.25, 0.3) is 0 Å². The van der Waals surface area contributed by atoms with E-state index < -0.39 is 10.2 Å². The Labute approximate surface area is 108 Å². The van der Waals surface area contributed by atoms with Crippen LogP contribution in [-0.2, 0) is 14.9 Å². The fourth-order valence-electron chi connectivity index (χ4n) is 1.39. The highest BCUT2D eigenvalue weighted by molar-refractivity contribution is 7.90. The van der Waals surface area contributed by atoms with Crippen molar-refractivity contribution in [1.82, 2.24) is 4.72 Å². The van der Waals surface area contributed by atoms with E-state index in [2.05, 4.69) is 9.44 Å². The van der Waals surface area contributed by atoms with E-state index >= 15 is 0 Å². The molecular weight excluding hydrogens is 254 g/mol. The maximum absolute atomic E-state index is 11.7. The molecule has 0 aliphatic heterocycles. The van der Waals surface area contributed by atoms with E-state index in [9.17, 15) is 8.42 Å². The van der Waals surface area contributed by atoms with Gasteiger partial charge in [-0.25, -0.2) is 0 Å². The van der Waals surface area contributed by atoms with Gasteiger partial charge in [0, 0.05) is 13.7 Å². The van der Waals surface area contributed by atoms with Crippen molar-refractivity contribution >= 4 is 21.6 Å². The molecule has 0 fully saturated rings. The lowest BCUT2D eigenvalue weighted by Crippen LogP contribution is -2.32. The second-order valence-corrected chi connectivity index (χ2v) is 5.52. The van der Waals surface area contributed by atoms with E-state index in [0.717, 1.165) is 11.1 Å². The van der Waals surface area contributed by atoms with Crippen molar-refractivity contribution in [2.75, 3.05) is 30.7 Å². The minimum absolute atomic E-state index is 0.205. The van der Waals surface area contributed by atoms with Crippen molar-refractivity contribution in [2.24, 2.45) is 0 Å². The summed E-state index contributed by atoms with van der Waals surface area (Å²) in [6, 6.07) is 3.45. The second-order valence-electron chi connectivity index (χ2n) is 4.02. The van der Waals surface area contributed by atoms with Crippen molar-refractivity contribution in [3.63, 3.8) is 0 Å². The van der Waals surface area contributed by atoms with E-state index in [4.69, 9.17) is 10.5 Å². The summed E-state index contributed by atoms with van der Waals surface area (Å²) >= 11 is 0. The number of benzene rings is 1. The van der Waals surface area contributed by atoms with Gasteiger partial charge in [0.15, 0.2) is 0 Å². The smallest absolute Gasteiger partial charge is 0.299 e. The number of hydrogen-bond acceptors (Lipinski definition) is 4. The first-order chi connectivity index (χ1) is 8.35. The third-order valence-electron chi connectivity index (χ3n) is 2.51. The summed E-state index contributed by atoms with van der Waals surface area (Å²) in [5.74, 6) is 0. The number of nitrogen functional groups attached to an aromatic ring is 1. The van der Waals surface area contributed by atoms with Gasteiger partial charge in [0.25, 0.3) is 10.2 Å². The van der Waals surface area contributed by atoms with E-state index in [1.807, 2.05) is 13.8 Å². The van der Waals surface area contributed by atoms with Crippen LogP contribution in [0.4, 0.5) is 11.4 Å². The molecule has 4 N–H and O–H groups in total. The zero-order valence-electron chi connectivity index (χ0n) is 10.8. The number of anilines is 2. The van der Waals surface area contributed by atoms with Crippen LogP contribution < -0.4 is 15.2 Å². The Morgan fingerprint density at radius 3 is 2.50 bits per heavy atom. The Kier molecular flexibility index (Phi) is 4.94. The van der Waals surface area contributed by atoms with Crippen LogP contribution in [0.1, 0.15) is 11.1 Å². The summed E-state index contributed by atoms with van der Waals surface area (Å²) in [4.78, 5) is 0. The average molecular weight is 273 g/mol. The molecule has 1 rings (SSSR count). The summed E-state index contributed by atoms with van der Waals surface area (Å²) in [7, 11) is -2.12. The van der Waals surface area contributed by atoms with Gasteiger partial charge in [0.1, 0.15) is 0 Å². The zero-order valence-corrected chi connectivity index (χ0v) is 11.6. The lowest BCUT2D eigenvalue weighted by Gasteiger charge is -2.13. The first-order valence-electron chi connectivity index (χ1n) is 5.49. The van der Waals surface area contributed by atoms with Crippen LogP contribution in [0.15, 0.2) is 12.1 Å². The maximum Gasteiger partial charge on any atom is 0.299 e. The van der Waals surface area contributed by atoms with E-state index in [0.29, 0.717) is 18.0 Å². The predicted molar refractivity (Wildman–Crippen MR) is 72.7 cm³/mol. The predicted octanol–water partition coefficient (Wildman–Crippen LogP) is 0.778. The highest BCUT2D eigenvalue weighted by Gasteiger charge is 2.11. The van der Waals surface area contributed by atoms with Crippen molar-refractivity contribution in [3.8, 4) is 0 Å². The summed E-state index contributed by atoms with van der Waals surface area (Å²) in [5, 5.41) is 0. The fourth-order valence-corrected chi connectivity index (χ4v) is 2.28. The summed E-state index contributed by atoms with van der Waals surface area (Å²) in [6.07, 6.45) is 0. The van der Waals surface area contributed by atoms with Crippen LogP contribution in [0.2, 0.25) is 0 Å². The third kappa shape index (κ3) is 4.17. The van der Waals surface area contributed by atoms with Gasteiger partial charge >= 0.3 is 0 Å². The van der Waals surface area contributed by atoms with E-state index in [-0.39, 0.29) is 6.54 Å². The summed E-state index contributed by atoms with van der Waals surface area (Å²) in [6.45, 7) is 4.33. The average Bonchev–Trinajstić information content (AvgIpc) is 2.26. The minimum atomic E-state index is -3.62. The van der Waals surface area contributed by atoms with Crippen molar-refractivity contribution < 1.29 is 13.2 Å². The summed E-state index contributed by atoms with van der Waals surface area (Å²) < 4.78 is 32.9. The molecule has 0 amide bonds. The number of hydrogen-bond donors (Lipinski definition) is 3. The molecule has 0 aliphatic carbocycles. The molecule has 18 heavy (non-hydrogen) atoms. The Bertz CT molecular complexity index is 515. The van der Waals surface area contributed by atoms with Gasteiger partial charge in [-0.3, -0.25) is 4.72 Å². The minimum Gasteiger partial charge on any atom is -0.397 e. The first kappa shape index (κ1) is 14.7. The Balaban J connectivity index is 2.81. The molecule has 102 valence electrons. The number of ether oxygens (including phenoxy) is 1. The molecule has 1 aromatic carbocycles. The molecule has 0 unspecified atom stereocenters. The number of nitrogens with two attached hydrogens (primary N) is 1.